The molecule has 1 amide bonds. The van der Waals surface area contributed by atoms with Crippen molar-refractivity contribution in [1.82, 2.24) is 0 Å². The van der Waals surface area contributed by atoms with Gasteiger partial charge >= 0.3 is 6.18 Å². The quantitative estimate of drug-likeness (QED) is 0.847. The Labute approximate surface area is 155 Å². The van der Waals surface area contributed by atoms with Crippen LogP contribution in [0.25, 0.3) is 0 Å². The van der Waals surface area contributed by atoms with Crippen molar-refractivity contribution in [2.24, 2.45) is 0 Å². The fraction of sp³-hybridized carbons (Fsp3) is 0.350. The lowest BCUT2D eigenvalue weighted by molar-refractivity contribution is -0.137. The Morgan fingerprint density at radius 3 is 2.59 bits per heavy atom. The standard InChI is InChI=1S/C20H21F3N2O2/c1-27-18-6-3-11-25(13-18)17-9-7-16(8-10-17)24-19(26)14-4-2-5-15(12-14)20(21,22)23/h2,4-5,7-10,12,18H,3,6,11,13H2,1H3,(H,24,26)/t18-/m0/s1. The van der Waals surface area contributed by atoms with E-state index in [4.69, 9.17) is 4.74 Å². The summed E-state index contributed by atoms with van der Waals surface area (Å²) in [6.07, 6.45) is -2.18. The van der Waals surface area contributed by atoms with Crippen LogP contribution < -0.4 is 10.2 Å². The highest BCUT2D eigenvalue weighted by Gasteiger charge is 2.30. The Bertz CT molecular complexity index is 791. The van der Waals surface area contributed by atoms with Gasteiger partial charge in [0.1, 0.15) is 0 Å². The number of ether oxygens (including phenoxy) is 1. The molecule has 1 aliphatic heterocycles. The number of carbonyl (C=O) groups is 1. The van der Waals surface area contributed by atoms with Gasteiger partial charge in [-0.05, 0) is 55.3 Å². The van der Waals surface area contributed by atoms with E-state index in [1.807, 2.05) is 12.1 Å². The molecule has 0 unspecified atom stereocenters. The normalized spacial score (nSPS) is 17.6. The van der Waals surface area contributed by atoms with Crippen LogP contribution in [0.4, 0.5) is 24.5 Å². The first-order valence-electron chi connectivity index (χ1n) is 8.73. The Balaban J connectivity index is 1.67. The first-order chi connectivity index (χ1) is 12.9. The van der Waals surface area contributed by atoms with Gasteiger partial charge in [0.15, 0.2) is 0 Å². The average molecular weight is 378 g/mol. The number of methoxy groups -OCH3 is 1. The summed E-state index contributed by atoms with van der Waals surface area (Å²) < 4.78 is 43.8. The third-order valence-electron chi connectivity index (χ3n) is 4.65. The molecule has 4 nitrogen and oxygen atoms in total. The van der Waals surface area contributed by atoms with Crippen LogP contribution in [0.15, 0.2) is 48.5 Å². The molecule has 0 radical (unpaired) electrons. The molecule has 0 aliphatic carbocycles. The lowest BCUT2D eigenvalue weighted by atomic mass is 10.1. The van der Waals surface area contributed by atoms with Gasteiger partial charge in [-0.15, -0.1) is 0 Å². The monoisotopic (exact) mass is 378 g/mol. The van der Waals surface area contributed by atoms with E-state index in [2.05, 4.69) is 10.2 Å². The van der Waals surface area contributed by atoms with Crippen molar-refractivity contribution >= 4 is 17.3 Å². The van der Waals surface area contributed by atoms with Gasteiger partial charge < -0.3 is 15.0 Å². The zero-order valence-electron chi connectivity index (χ0n) is 14.9. The predicted molar refractivity (Wildman–Crippen MR) is 98.1 cm³/mol. The third kappa shape index (κ3) is 4.80. The third-order valence-corrected chi connectivity index (χ3v) is 4.65. The van der Waals surface area contributed by atoms with Gasteiger partial charge in [-0.1, -0.05) is 6.07 Å². The molecule has 7 heteroatoms. The van der Waals surface area contributed by atoms with E-state index in [0.717, 1.165) is 43.8 Å². The van der Waals surface area contributed by atoms with Gasteiger partial charge in [0.05, 0.1) is 11.7 Å². The van der Waals surface area contributed by atoms with Crippen molar-refractivity contribution in [3.63, 3.8) is 0 Å². The summed E-state index contributed by atoms with van der Waals surface area (Å²) in [6, 6.07) is 11.6. The van der Waals surface area contributed by atoms with Crippen LogP contribution in [0.3, 0.4) is 0 Å². The lowest BCUT2D eigenvalue weighted by Crippen LogP contribution is -2.39. The van der Waals surface area contributed by atoms with Crippen molar-refractivity contribution in [1.29, 1.82) is 0 Å². The average Bonchev–Trinajstić information content (AvgIpc) is 2.68. The van der Waals surface area contributed by atoms with Gasteiger partial charge in [-0.3, -0.25) is 4.79 Å². The van der Waals surface area contributed by atoms with Crippen molar-refractivity contribution in [3.8, 4) is 0 Å². The summed E-state index contributed by atoms with van der Waals surface area (Å²) >= 11 is 0. The van der Waals surface area contributed by atoms with E-state index in [1.54, 1.807) is 19.2 Å². The highest BCUT2D eigenvalue weighted by molar-refractivity contribution is 6.04. The molecule has 1 N–H and O–H groups in total. The van der Waals surface area contributed by atoms with E-state index in [-0.39, 0.29) is 11.7 Å². The Morgan fingerprint density at radius 2 is 1.93 bits per heavy atom. The fourth-order valence-corrected chi connectivity index (χ4v) is 3.16. The number of amides is 1. The highest BCUT2D eigenvalue weighted by Crippen LogP contribution is 2.30. The van der Waals surface area contributed by atoms with E-state index >= 15 is 0 Å². The molecule has 2 aromatic rings. The second-order valence-corrected chi connectivity index (χ2v) is 6.53. The van der Waals surface area contributed by atoms with E-state index in [1.165, 1.54) is 12.1 Å². The number of nitrogens with one attached hydrogen (secondary N) is 1. The van der Waals surface area contributed by atoms with E-state index < -0.39 is 17.6 Å². The number of rotatable bonds is 4. The first kappa shape index (κ1) is 19.2. The molecule has 1 saturated heterocycles. The number of piperidine rings is 1. The largest absolute Gasteiger partial charge is 0.416 e. The summed E-state index contributed by atoms with van der Waals surface area (Å²) in [5.74, 6) is -0.578. The lowest BCUT2D eigenvalue weighted by Gasteiger charge is -2.33. The summed E-state index contributed by atoms with van der Waals surface area (Å²) in [6.45, 7) is 1.75. The topological polar surface area (TPSA) is 41.6 Å². The first-order valence-corrected chi connectivity index (χ1v) is 8.73. The van der Waals surface area contributed by atoms with E-state index in [0.29, 0.717) is 5.69 Å². The number of nitrogens with zero attached hydrogens (tertiary/aromatic N) is 1. The van der Waals surface area contributed by atoms with Crippen LogP contribution in [-0.2, 0) is 10.9 Å². The molecule has 0 spiro atoms. The van der Waals surface area contributed by atoms with Crippen molar-refractivity contribution in [2.45, 2.75) is 25.1 Å². The Morgan fingerprint density at radius 1 is 1.19 bits per heavy atom. The molecule has 27 heavy (non-hydrogen) atoms. The minimum atomic E-state index is -4.48. The molecule has 1 atom stereocenters. The number of alkyl halides is 3. The van der Waals surface area contributed by atoms with Gasteiger partial charge in [0.2, 0.25) is 0 Å². The van der Waals surface area contributed by atoms with Crippen LogP contribution in [0.5, 0.6) is 0 Å². The number of benzene rings is 2. The van der Waals surface area contributed by atoms with Crippen molar-refractivity contribution < 1.29 is 22.7 Å². The van der Waals surface area contributed by atoms with Gasteiger partial charge in [-0.25, -0.2) is 0 Å². The van der Waals surface area contributed by atoms with Gasteiger partial charge in [-0.2, -0.15) is 13.2 Å². The summed E-state index contributed by atoms with van der Waals surface area (Å²) in [4.78, 5) is 14.5. The predicted octanol–water partition coefficient (Wildman–Crippen LogP) is 4.57. The van der Waals surface area contributed by atoms with Crippen LogP contribution in [0.1, 0.15) is 28.8 Å². The number of halogens is 3. The Kier molecular flexibility index (Phi) is 5.70. The second-order valence-electron chi connectivity index (χ2n) is 6.53. The number of hydrogen-bond donors (Lipinski definition) is 1. The van der Waals surface area contributed by atoms with Crippen molar-refractivity contribution in [2.75, 3.05) is 30.4 Å². The van der Waals surface area contributed by atoms with Gasteiger partial charge in [0.25, 0.3) is 5.91 Å². The van der Waals surface area contributed by atoms with E-state index in [9.17, 15) is 18.0 Å². The summed E-state index contributed by atoms with van der Waals surface area (Å²) in [7, 11) is 1.71. The Hall–Kier alpha value is -2.54. The molecule has 1 fully saturated rings. The molecule has 3 rings (SSSR count). The molecular weight excluding hydrogens is 357 g/mol. The maximum Gasteiger partial charge on any atom is 0.416 e. The fourth-order valence-electron chi connectivity index (χ4n) is 3.16. The molecule has 0 aromatic heterocycles. The molecule has 144 valence electrons. The maximum atomic E-state index is 12.8. The molecule has 2 aromatic carbocycles. The van der Waals surface area contributed by atoms with Crippen LogP contribution >= 0.6 is 0 Å². The smallest absolute Gasteiger partial charge is 0.380 e. The summed E-state index contributed by atoms with van der Waals surface area (Å²) in [5.41, 5.74) is 0.673. The zero-order valence-corrected chi connectivity index (χ0v) is 14.9. The second kappa shape index (κ2) is 8.00. The molecular formula is C20H21F3N2O2. The van der Waals surface area contributed by atoms with Crippen LogP contribution in [0.2, 0.25) is 0 Å². The zero-order chi connectivity index (χ0) is 19.4. The number of carbonyl (C=O) groups excluding carboxylic acids is 1. The SMILES string of the molecule is CO[C@H]1CCCN(c2ccc(NC(=O)c3cccc(C(F)(F)F)c3)cc2)C1. The highest BCUT2D eigenvalue weighted by atomic mass is 19.4. The number of anilines is 2. The molecule has 0 bridgehead atoms. The van der Waals surface area contributed by atoms with Crippen LogP contribution in [-0.4, -0.2) is 32.2 Å². The number of hydrogen-bond acceptors (Lipinski definition) is 3. The molecule has 1 heterocycles. The maximum absolute atomic E-state index is 12.8. The van der Waals surface area contributed by atoms with Crippen molar-refractivity contribution in [3.05, 3.63) is 59.7 Å². The van der Waals surface area contributed by atoms with Crippen LogP contribution in [0, 0.1) is 0 Å². The minimum absolute atomic E-state index is 0.0344. The molecule has 1 aliphatic rings. The van der Waals surface area contributed by atoms with Gasteiger partial charge in [0, 0.05) is 37.1 Å². The molecule has 0 saturated carbocycles. The summed E-state index contributed by atoms with van der Waals surface area (Å²) in [5, 5.41) is 2.64. The minimum Gasteiger partial charge on any atom is -0.380 e.